The number of nitrogens with zero attached hydrogens (tertiary/aromatic N) is 5. The summed E-state index contributed by atoms with van der Waals surface area (Å²) in [5.74, 6) is 1.89. The van der Waals surface area contributed by atoms with Gasteiger partial charge in [0.2, 0.25) is 0 Å². The highest BCUT2D eigenvalue weighted by Gasteiger charge is 2.61. The molecule has 0 amide bonds. The molecule has 3 fully saturated rings. The van der Waals surface area contributed by atoms with Gasteiger partial charge in [-0.1, -0.05) is 23.2 Å². The first kappa shape index (κ1) is 23.4. The maximum Gasteiger partial charge on any atom is 0.185 e. The first-order valence-corrected chi connectivity index (χ1v) is 14.2. The first-order valence-electron chi connectivity index (χ1n) is 13.8. The van der Waals surface area contributed by atoms with E-state index in [0.29, 0.717) is 36.3 Å². The Morgan fingerprint density at radius 3 is 2.58 bits per heavy atom. The second-order valence-corrected chi connectivity index (χ2v) is 11.8. The van der Waals surface area contributed by atoms with Crippen molar-refractivity contribution < 1.29 is 14.0 Å². The molecule has 0 radical (unpaired) electrons. The fourth-order valence-corrected chi connectivity index (χ4v) is 8.22. The Bertz CT molecular complexity index is 1160. The smallest absolute Gasteiger partial charge is 0.185 e. The summed E-state index contributed by atoms with van der Waals surface area (Å²) in [7, 11) is 2.23. The number of ether oxygens (including phenoxy) is 2. The van der Waals surface area contributed by atoms with Crippen molar-refractivity contribution in [1.29, 1.82) is 0 Å². The third-order valence-electron chi connectivity index (χ3n) is 9.74. The molecule has 0 bridgehead atoms. The summed E-state index contributed by atoms with van der Waals surface area (Å²) in [6, 6.07) is 0.896. The van der Waals surface area contributed by atoms with Crippen molar-refractivity contribution in [3.63, 3.8) is 0 Å². The van der Waals surface area contributed by atoms with Gasteiger partial charge in [-0.25, -0.2) is 9.97 Å². The van der Waals surface area contributed by atoms with Crippen LogP contribution in [0.5, 0.6) is 0 Å². The number of aromatic nitrogens is 3. The number of anilines is 1. The van der Waals surface area contributed by atoms with Crippen molar-refractivity contribution in [2.45, 2.75) is 94.4 Å². The van der Waals surface area contributed by atoms with Crippen LogP contribution in [0.3, 0.4) is 0 Å². The molecular formula is C27H36ClN5O3. The zero-order chi connectivity index (χ0) is 24.5. The van der Waals surface area contributed by atoms with Gasteiger partial charge in [0, 0.05) is 36.2 Å². The second-order valence-electron chi connectivity index (χ2n) is 11.4. The topological polar surface area (TPSA) is 76.8 Å². The molecule has 1 unspecified atom stereocenters. The summed E-state index contributed by atoms with van der Waals surface area (Å²) >= 11 is 6.79. The predicted octanol–water partition coefficient (Wildman–Crippen LogP) is 4.52. The van der Waals surface area contributed by atoms with Crippen molar-refractivity contribution in [1.82, 2.24) is 20.0 Å². The van der Waals surface area contributed by atoms with Crippen LogP contribution < -0.4 is 4.90 Å². The van der Waals surface area contributed by atoms with Crippen LogP contribution in [0.15, 0.2) is 4.52 Å². The molecule has 5 aliphatic rings. The quantitative estimate of drug-likeness (QED) is 0.554. The lowest BCUT2D eigenvalue weighted by Gasteiger charge is -2.50. The van der Waals surface area contributed by atoms with Crippen molar-refractivity contribution in [2.75, 3.05) is 38.3 Å². The van der Waals surface area contributed by atoms with Gasteiger partial charge < -0.3 is 23.8 Å². The molecular weight excluding hydrogens is 478 g/mol. The van der Waals surface area contributed by atoms with Crippen LogP contribution in [0.1, 0.15) is 75.2 Å². The van der Waals surface area contributed by atoms with E-state index in [0.717, 1.165) is 92.9 Å². The van der Waals surface area contributed by atoms with Gasteiger partial charge in [0.15, 0.2) is 23.1 Å². The molecule has 2 saturated heterocycles. The molecule has 8 nitrogen and oxygen atoms in total. The van der Waals surface area contributed by atoms with Crippen LogP contribution in [0.4, 0.5) is 5.82 Å². The number of fused-ring (bicyclic) bond motifs is 4. The van der Waals surface area contributed by atoms with Gasteiger partial charge in [0.05, 0.1) is 18.6 Å². The summed E-state index contributed by atoms with van der Waals surface area (Å²) in [4.78, 5) is 14.8. The van der Waals surface area contributed by atoms with E-state index < -0.39 is 5.79 Å². The molecule has 0 aromatic carbocycles. The van der Waals surface area contributed by atoms with E-state index in [9.17, 15) is 0 Å². The molecule has 3 aliphatic heterocycles. The summed E-state index contributed by atoms with van der Waals surface area (Å²) in [6.45, 7) is 5.70. The zero-order valence-corrected chi connectivity index (χ0v) is 22.1. The fraction of sp³-hybridized carbons (Fsp3) is 0.741. The lowest BCUT2D eigenvalue weighted by atomic mass is 9.61. The number of hydrogen-bond acceptors (Lipinski definition) is 8. The molecule has 2 aliphatic carbocycles. The molecule has 1 saturated carbocycles. The SMILES string of the molecule is CC([C@@H]1CCCN1C)N1CCc2c(Cl)nc(-c3noc4c3CCC[C@@]43CCCCC34OCCO4)nc21. The van der Waals surface area contributed by atoms with E-state index in [2.05, 4.69) is 28.9 Å². The molecule has 7 rings (SSSR count). The fourth-order valence-electron chi connectivity index (χ4n) is 7.96. The molecule has 9 heteroatoms. The standard InChI is InChI=1S/C27H36ClN5O3/c1-17(20-8-6-13-32(20)2)33-14-9-19-23(28)29-24(30-25(19)33)21-18-7-5-11-26(22(18)36-31-21)10-3-4-12-27(26)34-15-16-35-27/h17,20H,3-16H2,1-2H3/t17?,20-,26-/m0/s1. The maximum atomic E-state index is 6.79. The molecule has 194 valence electrons. The number of likely N-dealkylation sites (tertiary alicyclic amines) is 1. The van der Waals surface area contributed by atoms with Crippen molar-refractivity contribution in [3.8, 4) is 11.5 Å². The number of rotatable bonds is 3. The third-order valence-corrected chi connectivity index (χ3v) is 10.1. The van der Waals surface area contributed by atoms with E-state index in [1.165, 1.54) is 12.8 Å². The van der Waals surface area contributed by atoms with Crippen molar-refractivity contribution in [2.24, 2.45) is 0 Å². The van der Waals surface area contributed by atoms with Crippen LogP contribution in [-0.2, 0) is 27.7 Å². The molecule has 2 aromatic rings. The molecule has 2 spiro atoms. The molecule has 5 heterocycles. The summed E-state index contributed by atoms with van der Waals surface area (Å²) in [5.41, 5.74) is 2.63. The molecule has 0 N–H and O–H groups in total. The van der Waals surface area contributed by atoms with Crippen LogP contribution in [0.2, 0.25) is 5.15 Å². The van der Waals surface area contributed by atoms with Gasteiger partial charge in [-0.3, -0.25) is 0 Å². The maximum absolute atomic E-state index is 6.79. The first-order chi connectivity index (χ1) is 17.5. The lowest BCUT2D eigenvalue weighted by molar-refractivity contribution is -0.235. The summed E-state index contributed by atoms with van der Waals surface area (Å²) in [5, 5.41) is 5.15. The van der Waals surface area contributed by atoms with Gasteiger partial charge >= 0.3 is 0 Å². The highest BCUT2D eigenvalue weighted by Crippen LogP contribution is 2.57. The largest absolute Gasteiger partial charge is 0.360 e. The van der Waals surface area contributed by atoms with E-state index in [4.69, 9.17) is 35.6 Å². The minimum atomic E-state index is -0.590. The molecule has 3 atom stereocenters. The normalized spacial score (nSPS) is 30.3. The Kier molecular flexibility index (Phi) is 5.62. The Hall–Kier alpha value is -1.74. The summed E-state index contributed by atoms with van der Waals surface area (Å²) in [6.07, 6.45) is 10.5. The highest BCUT2D eigenvalue weighted by atomic mass is 35.5. The Morgan fingerprint density at radius 2 is 1.78 bits per heavy atom. The predicted molar refractivity (Wildman–Crippen MR) is 136 cm³/mol. The molecule has 2 aromatic heterocycles. The van der Waals surface area contributed by atoms with Crippen LogP contribution in [0, 0.1) is 0 Å². The minimum Gasteiger partial charge on any atom is -0.360 e. The van der Waals surface area contributed by atoms with E-state index >= 15 is 0 Å². The average molecular weight is 514 g/mol. The van der Waals surface area contributed by atoms with Crippen molar-refractivity contribution >= 4 is 17.4 Å². The Morgan fingerprint density at radius 1 is 0.972 bits per heavy atom. The van der Waals surface area contributed by atoms with E-state index in [1.807, 2.05) is 0 Å². The van der Waals surface area contributed by atoms with Gasteiger partial charge in [0.25, 0.3) is 0 Å². The third kappa shape index (κ3) is 3.27. The number of hydrogen-bond donors (Lipinski definition) is 0. The van der Waals surface area contributed by atoms with E-state index in [-0.39, 0.29) is 5.41 Å². The van der Waals surface area contributed by atoms with Crippen LogP contribution in [-0.4, -0.2) is 71.2 Å². The average Bonchev–Trinajstić information content (AvgIpc) is 3.67. The Labute approximate surface area is 217 Å². The van der Waals surface area contributed by atoms with Crippen molar-refractivity contribution in [3.05, 3.63) is 22.0 Å². The highest BCUT2D eigenvalue weighted by molar-refractivity contribution is 6.30. The van der Waals surface area contributed by atoms with Gasteiger partial charge in [-0.15, -0.1) is 0 Å². The number of halogens is 1. The van der Waals surface area contributed by atoms with Crippen LogP contribution in [0.25, 0.3) is 11.5 Å². The van der Waals surface area contributed by atoms with Gasteiger partial charge in [0.1, 0.15) is 11.0 Å². The zero-order valence-electron chi connectivity index (χ0n) is 21.4. The Balaban J connectivity index is 1.28. The number of likely N-dealkylation sites (N-methyl/N-ethyl adjacent to an activating group) is 1. The van der Waals surface area contributed by atoms with Crippen LogP contribution >= 0.6 is 11.6 Å². The molecule has 36 heavy (non-hydrogen) atoms. The second kappa shape index (κ2) is 8.65. The minimum absolute atomic E-state index is 0.283. The van der Waals surface area contributed by atoms with E-state index in [1.54, 1.807) is 0 Å². The van der Waals surface area contributed by atoms with Gasteiger partial charge in [-0.05, 0) is 71.9 Å². The van der Waals surface area contributed by atoms with Gasteiger partial charge in [-0.2, -0.15) is 0 Å². The lowest BCUT2D eigenvalue weighted by Crippen LogP contribution is -2.56. The summed E-state index contributed by atoms with van der Waals surface area (Å²) < 4.78 is 18.9. The monoisotopic (exact) mass is 513 g/mol.